The van der Waals surface area contributed by atoms with Crippen LogP contribution in [0.3, 0.4) is 0 Å². The summed E-state index contributed by atoms with van der Waals surface area (Å²) in [6.45, 7) is 2.12. The monoisotopic (exact) mass is 371 g/mol. The van der Waals surface area contributed by atoms with Crippen molar-refractivity contribution in [1.82, 2.24) is 5.32 Å². The van der Waals surface area contributed by atoms with Crippen LogP contribution in [0.5, 0.6) is 5.75 Å². The fourth-order valence-corrected chi connectivity index (χ4v) is 4.31. The van der Waals surface area contributed by atoms with E-state index in [2.05, 4.69) is 34.2 Å². The minimum Gasteiger partial charge on any atom is -0.484 e. The van der Waals surface area contributed by atoms with Crippen molar-refractivity contribution >= 4 is 38.9 Å². The van der Waals surface area contributed by atoms with Gasteiger partial charge in [-0.05, 0) is 54.2 Å². The molecule has 2 heterocycles. The normalized spacial score (nSPS) is 21.4. The van der Waals surface area contributed by atoms with Gasteiger partial charge < -0.3 is 10.1 Å². The highest BCUT2D eigenvalue weighted by Gasteiger charge is 2.29. The van der Waals surface area contributed by atoms with Crippen LogP contribution >= 0.6 is 38.9 Å². The van der Waals surface area contributed by atoms with Crippen LogP contribution in [0.4, 0.5) is 0 Å². The number of ether oxygens (including phenoxy) is 1. The van der Waals surface area contributed by atoms with Gasteiger partial charge in [-0.3, -0.25) is 0 Å². The molecule has 0 radical (unpaired) electrons. The second-order valence-corrected chi connectivity index (χ2v) is 7.50. The summed E-state index contributed by atoms with van der Waals surface area (Å²) in [6.07, 6.45) is 1.01. The van der Waals surface area contributed by atoms with Crippen molar-refractivity contribution in [3.63, 3.8) is 0 Å². The van der Waals surface area contributed by atoms with E-state index < -0.39 is 0 Å². The molecule has 2 nitrogen and oxygen atoms in total. The molecule has 5 heteroatoms. The van der Waals surface area contributed by atoms with Crippen molar-refractivity contribution in [2.24, 2.45) is 0 Å². The number of halogens is 2. The zero-order valence-corrected chi connectivity index (χ0v) is 14.4. The molecule has 2 aromatic rings. The van der Waals surface area contributed by atoms with Crippen LogP contribution < -0.4 is 10.1 Å². The third kappa shape index (κ3) is 2.62. The fourth-order valence-electron chi connectivity index (χ4n) is 2.53. The van der Waals surface area contributed by atoms with Crippen LogP contribution in [-0.2, 0) is 0 Å². The molecule has 1 N–H and O–H groups in total. The van der Waals surface area contributed by atoms with E-state index in [1.165, 1.54) is 9.75 Å². The smallest absolute Gasteiger partial charge is 0.135 e. The first-order valence-corrected chi connectivity index (χ1v) is 8.46. The molecule has 106 valence electrons. The predicted octanol–water partition coefficient (Wildman–Crippen LogP) is 5.26. The van der Waals surface area contributed by atoms with Crippen molar-refractivity contribution < 1.29 is 4.74 Å². The maximum atomic E-state index is 6.16. The molecule has 1 aromatic carbocycles. The molecule has 0 spiro atoms. The number of benzene rings is 1. The second-order valence-electron chi connectivity index (χ2n) is 4.92. The largest absolute Gasteiger partial charge is 0.484 e. The van der Waals surface area contributed by atoms with Gasteiger partial charge in [0.1, 0.15) is 11.9 Å². The van der Waals surface area contributed by atoms with Gasteiger partial charge in [0.05, 0.1) is 0 Å². The Morgan fingerprint density at radius 1 is 1.40 bits per heavy atom. The summed E-state index contributed by atoms with van der Waals surface area (Å²) in [4.78, 5) is 2.54. The summed E-state index contributed by atoms with van der Waals surface area (Å²) < 4.78 is 7.32. The highest BCUT2D eigenvalue weighted by Crippen LogP contribution is 2.44. The third-order valence-electron chi connectivity index (χ3n) is 3.61. The Hall–Kier alpha value is -0.550. The van der Waals surface area contributed by atoms with Crippen LogP contribution in [0.25, 0.3) is 0 Å². The molecule has 1 aliphatic rings. The molecular formula is C15H15BrClNOS. The standard InChI is InChI=1S/C15H15BrClNOS/c1-8-11(16)6-15(20-8)14-7-12(18-2)10-5-9(17)3-4-13(10)19-14/h3-6,12,14,18H,7H2,1-2H3. The molecule has 0 fully saturated rings. The van der Waals surface area contributed by atoms with E-state index in [1.807, 2.05) is 25.2 Å². The maximum absolute atomic E-state index is 6.16. The quantitative estimate of drug-likeness (QED) is 0.776. The zero-order valence-electron chi connectivity index (χ0n) is 11.2. The van der Waals surface area contributed by atoms with E-state index in [-0.39, 0.29) is 12.1 Å². The van der Waals surface area contributed by atoms with Gasteiger partial charge in [-0.1, -0.05) is 11.6 Å². The highest BCUT2D eigenvalue weighted by molar-refractivity contribution is 9.10. The van der Waals surface area contributed by atoms with Gasteiger partial charge in [-0.15, -0.1) is 11.3 Å². The van der Waals surface area contributed by atoms with E-state index in [1.54, 1.807) is 11.3 Å². The second kappa shape index (κ2) is 5.68. The molecule has 0 saturated heterocycles. The van der Waals surface area contributed by atoms with Crippen molar-refractivity contribution in [3.05, 3.63) is 49.1 Å². The van der Waals surface area contributed by atoms with Crippen LogP contribution in [0.15, 0.2) is 28.7 Å². The van der Waals surface area contributed by atoms with Crippen molar-refractivity contribution in [2.45, 2.75) is 25.5 Å². The number of thiophene rings is 1. The summed E-state index contributed by atoms with van der Waals surface area (Å²) in [5, 5.41) is 4.11. The van der Waals surface area contributed by atoms with Crippen molar-refractivity contribution in [1.29, 1.82) is 0 Å². The molecule has 2 unspecified atom stereocenters. The van der Waals surface area contributed by atoms with Gasteiger partial charge in [0.15, 0.2) is 0 Å². The Morgan fingerprint density at radius 2 is 2.20 bits per heavy atom. The first-order chi connectivity index (χ1) is 9.58. The summed E-state index contributed by atoms with van der Waals surface area (Å²) in [7, 11) is 1.98. The summed E-state index contributed by atoms with van der Waals surface area (Å²) in [6, 6.07) is 8.26. The van der Waals surface area contributed by atoms with Gasteiger partial charge in [-0.25, -0.2) is 0 Å². The van der Waals surface area contributed by atoms with Crippen LogP contribution in [0, 0.1) is 6.92 Å². The van der Waals surface area contributed by atoms with Gasteiger partial charge in [0, 0.05) is 37.3 Å². The lowest BCUT2D eigenvalue weighted by Gasteiger charge is -2.31. The van der Waals surface area contributed by atoms with E-state index in [9.17, 15) is 0 Å². The zero-order chi connectivity index (χ0) is 14.3. The van der Waals surface area contributed by atoms with E-state index in [0.29, 0.717) is 0 Å². The first kappa shape index (κ1) is 14.4. The summed E-state index contributed by atoms with van der Waals surface area (Å²) in [5.74, 6) is 0.923. The number of hydrogen-bond donors (Lipinski definition) is 1. The predicted molar refractivity (Wildman–Crippen MR) is 88.0 cm³/mol. The molecule has 20 heavy (non-hydrogen) atoms. The van der Waals surface area contributed by atoms with Crippen LogP contribution in [0.1, 0.15) is 33.9 Å². The van der Waals surface area contributed by atoms with E-state index in [4.69, 9.17) is 16.3 Å². The Kier molecular flexibility index (Phi) is 4.09. The number of hydrogen-bond acceptors (Lipinski definition) is 3. The summed E-state index contributed by atoms with van der Waals surface area (Å²) in [5.41, 5.74) is 1.14. The Bertz CT molecular complexity index is 623. The molecule has 1 aliphatic heterocycles. The maximum Gasteiger partial charge on any atom is 0.135 e. The van der Waals surface area contributed by atoms with Crippen molar-refractivity contribution in [3.8, 4) is 5.75 Å². The molecule has 3 rings (SSSR count). The lowest BCUT2D eigenvalue weighted by molar-refractivity contribution is 0.157. The van der Waals surface area contributed by atoms with Gasteiger partial charge >= 0.3 is 0 Å². The summed E-state index contributed by atoms with van der Waals surface area (Å²) >= 11 is 11.5. The van der Waals surface area contributed by atoms with E-state index in [0.717, 1.165) is 27.2 Å². The minimum absolute atomic E-state index is 0.0936. The van der Waals surface area contributed by atoms with Gasteiger partial charge in [0.25, 0.3) is 0 Å². The average Bonchev–Trinajstić information content (AvgIpc) is 2.77. The van der Waals surface area contributed by atoms with Gasteiger partial charge in [-0.2, -0.15) is 0 Å². The number of nitrogens with one attached hydrogen (secondary N) is 1. The lowest BCUT2D eigenvalue weighted by Crippen LogP contribution is -2.26. The molecule has 2 atom stereocenters. The molecular weight excluding hydrogens is 358 g/mol. The van der Waals surface area contributed by atoms with Gasteiger partial charge in [0.2, 0.25) is 0 Å². The number of rotatable bonds is 2. The number of fused-ring (bicyclic) bond motifs is 1. The first-order valence-electron chi connectivity index (χ1n) is 6.47. The highest BCUT2D eigenvalue weighted by atomic mass is 79.9. The Labute approximate surface area is 136 Å². The topological polar surface area (TPSA) is 21.3 Å². The minimum atomic E-state index is 0.0936. The fraction of sp³-hybridized carbons (Fsp3) is 0.333. The Balaban J connectivity index is 1.96. The molecule has 0 saturated carbocycles. The molecule has 1 aromatic heterocycles. The molecule has 0 aliphatic carbocycles. The van der Waals surface area contributed by atoms with Crippen LogP contribution in [-0.4, -0.2) is 7.05 Å². The van der Waals surface area contributed by atoms with E-state index >= 15 is 0 Å². The van der Waals surface area contributed by atoms with Crippen LogP contribution in [0.2, 0.25) is 5.02 Å². The number of aryl methyl sites for hydroxylation is 1. The molecule has 0 bridgehead atoms. The molecule has 0 amide bonds. The van der Waals surface area contributed by atoms with Crippen molar-refractivity contribution in [2.75, 3.05) is 7.05 Å². The Morgan fingerprint density at radius 3 is 2.85 bits per heavy atom. The third-order valence-corrected chi connectivity index (χ3v) is 6.07. The SMILES string of the molecule is CNC1CC(c2cc(Br)c(C)s2)Oc2ccc(Cl)cc21. The average molecular weight is 373 g/mol. The lowest BCUT2D eigenvalue weighted by atomic mass is 9.96.